The molecule has 1 aromatic rings. The Balaban J connectivity index is 2.35. The van der Waals surface area contributed by atoms with Crippen molar-refractivity contribution in [2.24, 2.45) is 5.92 Å². The van der Waals surface area contributed by atoms with Gasteiger partial charge in [0, 0.05) is 18.4 Å². The van der Waals surface area contributed by atoms with Crippen LogP contribution in [0.4, 0.5) is 0 Å². The lowest BCUT2D eigenvalue weighted by atomic mass is 9.84. The zero-order chi connectivity index (χ0) is 11.7. The second kappa shape index (κ2) is 4.37. The molecule has 0 aromatic carbocycles. The van der Waals surface area contributed by atoms with Crippen LogP contribution in [0.2, 0.25) is 0 Å². The highest BCUT2D eigenvalue weighted by atomic mass is 16.3. The lowest BCUT2D eigenvalue weighted by Crippen LogP contribution is -2.35. The monoisotopic (exact) mass is 222 g/mol. The first-order valence-electron chi connectivity index (χ1n) is 5.81. The van der Waals surface area contributed by atoms with Crippen LogP contribution < -0.4 is 5.56 Å². The molecule has 1 saturated carbocycles. The van der Waals surface area contributed by atoms with Crippen LogP contribution in [-0.2, 0) is 0 Å². The van der Waals surface area contributed by atoms with Gasteiger partial charge >= 0.3 is 0 Å². The topological polar surface area (TPSA) is 55.1 Å². The van der Waals surface area contributed by atoms with Gasteiger partial charge < -0.3 is 9.67 Å². The second-order valence-corrected chi connectivity index (χ2v) is 4.74. The van der Waals surface area contributed by atoms with Gasteiger partial charge in [-0.05, 0) is 32.1 Å². The van der Waals surface area contributed by atoms with Crippen molar-refractivity contribution in [2.75, 3.05) is 0 Å². The van der Waals surface area contributed by atoms with Gasteiger partial charge in [0.15, 0.2) is 0 Å². The minimum atomic E-state index is -0.276. The maximum Gasteiger partial charge on any atom is 0.272 e. The summed E-state index contributed by atoms with van der Waals surface area (Å²) in [5, 5.41) is 9.69. The van der Waals surface area contributed by atoms with Gasteiger partial charge in [0.05, 0.1) is 6.10 Å². The number of hydrogen-bond acceptors (Lipinski definition) is 3. The first-order valence-corrected chi connectivity index (χ1v) is 5.81. The van der Waals surface area contributed by atoms with Gasteiger partial charge in [0.25, 0.3) is 5.56 Å². The van der Waals surface area contributed by atoms with E-state index in [0.29, 0.717) is 18.0 Å². The summed E-state index contributed by atoms with van der Waals surface area (Å²) >= 11 is 0. The Bertz CT molecular complexity index is 427. The zero-order valence-electron chi connectivity index (χ0n) is 9.76. The molecule has 3 unspecified atom stereocenters. The molecule has 0 amide bonds. The molecule has 0 saturated heterocycles. The molecule has 1 fully saturated rings. The van der Waals surface area contributed by atoms with E-state index in [2.05, 4.69) is 11.9 Å². The summed E-state index contributed by atoms with van der Waals surface area (Å²) in [6.45, 7) is 3.86. The molecule has 2 rings (SSSR count). The molecule has 1 heterocycles. The minimum absolute atomic E-state index is 0.0338. The Labute approximate surface area is 95.0 Å². The largest absolute Gasteiger partial charge is 0.393 e. The molecule has 1 aliphatic rings. The fraction of sp³-hybridized carbons (Fsp3) is 0.667. The average molecular weight is 222 g/mol. The standard InChI is InChI=1S/C12H18N2O2/c1-8-3-4-10(15)7-11(8)14-6-5-13-9(2)12(14)16/h5-6,8,10-11,15H,3-4,7H2,1-2H3. The van der Waals surface area contributed by atoms with Gasteiger partial charge in [-0.15, -0.1) is 0 Å². The summed E-state index contributed by atoms with van der Waals surface area (Å²) in [7, 11) is 0. The molecule has 1 N–H and O–H groups in total. The highest BCUT2D eigenvalue weighted by Gasteiger charge is 2.28. The van der Waals surface area contributed by atoms with Gasteiger partial charge in [-0.3, -0.25) is 9.78 Å². The van der Waals surface area contributed by atoms with Crippen LogP contribution in [0.3, 0.4) is 0 Å². The highest BCUT2D eigenvalue weighted by molar-refractivity contribution is 4.98. The van der Waals surface area contributed by atoms with Gasteiger partial charge in [-0.1, -0.05) is 6.92 Å². The predicted molar refractivity (Wildman–Crippen MR) is 61.3 cm³/mol. The van der Waals surface area contributed by atoms with Crippen LogP contribution >= 0.6 is 0 Å². The van der Waals surface area contributed by atoms with Crippen molar-refractivity contribution >= 4 is 0 Å². The molecular weight excluding hydrogens is 204 g/mol. The molecule has 1 aliphatic carbocycles. The third kappa shape index (κ3) is 2.02. The lowest BCUT2D eigenvalue weighted by Gasteiger charge is -2.33. The smallest absolute Gasteiger partial charge is 0.272 e. The number of aryl methyl sites for hydroxylation is 1. The van der Waals surface area contributed by atoms with Gasteiger partial charge in [-0.25, -0.2) is 0 Å². The van der Waals surface area contributed by atoms with Crippen LogP contribution in [0, 0.1) is 12.8 Å². The van der Waals surface area contributed by atoms with Crippen molar-refractivity contribution in [3.8, 4) is 0 Å². The molecule has 0 spiro atoms. The van der Waals surface area contributed by atoms with E-state index in [1.807, 2.05) is 0 Å². The van der Waals surface area contributed by atoms with E-state index in [1.54, 1.807) is 23.9 Å². The quantitative estimate of drug-likeness (QED) is 0.778. The fourth-order valence-corrected chi connectivity index (χ4v) is 2.45. The van der Waals surface area contributed by atoms with Gasteiger partial charge in [0.2, 0.25) is 0 Å². The molecule has 0 aliphatic heterocycles. The lowest BCUT2D eigenvalue weighted by molar-refractivity contribution is 0.0765. The number of nitrogens with zero attached hydrogens (tertiary/aromatic N) is 2. The van der Waals surface area contributed by atoms with Gasteiger partial charge in [0.1, 0.15) is 5.69 Å². The molecule has 3 atom stereocenters. The van der Waals surface area contributed by atoms with E-state index in [0.717, 1.165) is 12.8 Å². The zero-order valence-corrected chi connectivity index (χ0v) is 9.76. The van der Waals surface area contributed by atoms with E-state index in [4.69, 9.17) is 0 Å². The summed E-state index contributed by atoms with van der Waals surface area (Å²) in [4.78, 5) is 15.9. The Kier molecular flexibility index (Phi) is 3.10. The van der Waals surface area contributed by atoms with Crippen molar-refractivity contribution < 1.29 is 5.11 Å². The Morgan fingerprint density at radius 2 is 2.25 bits per heavy atom. The van der Waals surface area contributed by atoms with Gasteiger partial charge in [-0.2, -0.15) is 0 Å². The van der Waals surface area contributed by atoms with Crippen molar-refractivity contribution in [3.05, 3.63) is 28.4 Å². The maximum atomic E-state index is 11.9. The fourth-order valence-electron chi connectivity index (χ4n) is 2.45. The normalized spacial score (nSPS) is 30.3. The minimum Gasteiger partial charge on any atom is -0.393 e. The number of rotatable bonds is 1. The van der Waals surface area contributed by atoms with E-state index in [1.165, 1.54) is 0 Å². The molecule has 4 nitrogen and oxygen atoms in total. The van der Waals surface area contributed by atoms with Crippen LogP contribution in [-0.4, -0.2) is 20.8 Å². The van der Waals surface area contributed by atoms with Crippen LogP contribution in [0.15, 0.2) is 17.2 Å². The average Bonchev–Trinajstić information content (AvgIpc) is 2.26. The highest BCUT2D eigenvalue weighted by Crippen LogP contribution is 2.32. The molecule has 0 radical (unpaired) electrons. The molecular formula is C12H18N2O2. The number of aliphatic hydroxyl groups is 1. The summed E-state index contributed by atoms with van der Waals surface area (Å²) in [6.07, 6.45) is 5.60. The SMILES string of the molecule is Cc1nccn(C2CC(O)CCC2C)c1=O. The maximum absolute atomic E-state index is 11.9. The van der Waals surface area contributed by atoms with Crippen LogP contribution in [0.1, 0.15) is 37.9 Å². The van der Waals surface area contributed by atoms with E-state index >= 15 is 0 Å². The summed E-state index contributed by atoms with van der Waals surface area (Å²) < 4.78 is 1.73. The molecule has 4 heteroatoms. The van der Waals surface area contributed by atoms with Crippen molar-refractivity contribution in [1.29, 1.82) is 0 Å². The Hall–Kier alpha value is -1.16. The third-order valence-electron chi connectivity index (χ3n) is 3.52. The first-order chi connectivity index (χ1) is 7.59. The number of hydrogen-bond donors (Lipinski definition) is 1. The van der Waals surface area contributed by atoms with E-state index in [-0.39, 0.29) is 17.7 Å². The number of aliphatic hydroxyl groups excluding tert-OH is 1. The van der Waals surface area contributed by atoms with E-state index < -0.39 is 0 Å². The van der Waals surface area contributed by atoms with Crippen molar-refractivity contribution in [1.82, 2.24) is 9.55 Å². The Morgan fingerprint density at radius 1 is 1.50 bits per heavy atom. The summed E-state index contributed by atoms with van der Waals surface area (Å²) in [5.74, 6) is 0.433. The van der Waals surface area contributed by atoms with Crippen LogP contribution in [0.25, 0.3) is 0 Å². The number of aromatic nitrogens is 2. The molecule has 1 aromatic heterocycles. The van der Waals surface area contributed by atoms with Crippen molar-refractivity contribution in [2.45, 2.75) is 45.3 Å². The second-order valence-electron chi connectivity index (χ2n) is 4.74. The molecule has 0 bridgehead atoms. The molecule has 88 valence electrons. The summed E-state index contributed by atoms with van der Waals surface area (Å²) in [6, 6.07) is 0.109. The third-order valence-corrected chi connectivity index (χ3v) is 3.52. The first kappa shape index (κ1) is 11.3. The molecule has 16 heavy (non-hydrogen) atoms. The predicted octanol–water partition coefficient (Wildman–Crippen LogP) is 1.27. The van der Waals surface area contributed by atoms with E-state index in [9.17, 15) is 9.90 Å². The van der Waals surface area contributed by atoms with Crippen molar-refractivity contribution in [3.63, 3.8) is 0 Å². The summed E-state index contributed by atoms with van der Waals surface area (Å²) in [5.41, 5.74) is 0.489. The Morgan fingerprint density at radius 3 is 3.00 bits per heavy atom. The van der Waals surface area contributed by atoms with Crippen LogP contribution in [0.5, 0.6) is 0 Å².